The van der Waals surface area contributed by atoms with E-state index in [1.54, 1.807) is 31.1 Å². The molecule has 23 heavy (non-hydrogen) atoms. The van der Waals surface area contributed by atoms with Gasteiger partial charge in [-0.2, -0.15) is 0 Å². The molecule has 0 atom stereocenters. The minimum Gasteiger partial charge on any atom is -0.349 e. The highest BCUT2D eigenvalue weighted by molar-refractivity contribution is 6.24. The molecule has 4 amide bonds. The van der Waals surface area contributed by atoms with Crippen molar-refractivity contribution in [3.63, 3.8) is 0 Å². The molecule has 0 aromatic carbocycles. The number of barbiturate groups is 1. The summed E-state index contributed by atoms with van der Waals surface area (Å²) in [6, 6.07) is 2.71. The molecule has 2 aliphatic heterocycles. The van der Waals surface area contributed by atoms with E-state index in [4.69, 9.17) is 0 Å². The number of carbonyl (C=O) groups excluding carboxylic acids is 3. The fourth-order valence-electron chi connectivity index (χ4n) is 2.64. The molecule has 9 nitrogen and oxygen atoms in total. The van der Waals surface area contributed by atoms with Crippen LogP contribution in [0.3, 0.4) is 0 Å². The molecule has 0 aliphatic carbocycles. The van der Waals surface area contributed by atoms with Crippen molar-refractivity contribution in [3.05, 3.63) is 24.0 Å². The molecule has 1 saturated heterocycles. The molecule has 1 aromatic heterocycles. The fourth-order valence-corrected chi connectivity index (χ4v) is 2.64. The highest BCUT2D eigenvalue weighted by Crippen LogP contribution is 2.39. The molecule has 1 spiro atoms. The first kappa shape index (κ1) is 14.9. The molecule has 0 bridgehead atoms. The topological polar surface area (TPSA) is 98.2 Å². The lowest BCUT2D eigenvalue weighted by molar-refractivity contribution is -0.150. The lowest BCUT2D eigenvalue weighted by atomic mass is 9.87. The van der Waals surface area contributed by atoms with Gasteiger partial charge in [-0.25, -0.2) is 9.79 Å². The summed E-state index contributed by atoms with van der Waals surface area (Å²) in [5.74, 6) is -1.10. The fraction of sp³-hybridized carbons (Fsp3) is 0.357. The van der Waals surface area contributed by atoms with E-state index in [9.17, 15) is 14.4 Å². The van der Waals surface area contributed by atoms with E-state index in [-0.39, 0.29) is 5.69 Å². The van der Waals surface area contributed by atoms with Crippen LogP contribution in [0.5, 0.6) is 0 Å². The number of nitrogens with zero attached hydrogens (tertiary/aromatic N) is 5. The van der Waals surface area contributed by atoms with E-state index < -0.39 is 23.4 Å². The number of hydrogen-bond donors (Lipinski definition) is 1. The number of amides is 4. The number of nitrogens with one attached hydrogen (secondary N) is 1. The van der Waals surface area contributed by atoms with Crippen LogP contribution in [0.1, 0.15) is 5.69 Å². The Bertz CT molecular complexity index is 733. The lowest BCUT2D eigenvalue weighted by Gasteiger charge is -2.41. The van der Waals surface area contributed by atoms with Crippen LogP contribution in [0, 0.1) is 0 Å². The van der Waals surface area contributed by atoms with E-state index in [2.05, 4.69) is 15.3 Å². The Morgan fingerprint density at radius 2 is 1.74 bits per heavy atom. The minimum atomic E-state index is -1.89. The number of hydrogen-bond acceptors (Lipinski definition) is 7. The summed E-state index contributed by atoms with van der Waals surface area (Å²) in [6.45, 7) is 0. The van der Waals surface area contributed by atoms with E-state index in [1.807, 2.05) is 0 Å². The largest absolute Gasteiger partial charge is 0.349 e. The maximum atomic E-state index is 12.9. The number of pyridine rings is 1. The van der Waals surface area contributed by atoms with E-state index in [0.29, 0.717) is 11.6 Å². The molecule has 120 valence electrons. The Morgan fingerprint density at radius 3 is 2.30 bits per heavy atom. The van der Waals surface area contributed by atoms with Crippen LogP contribution in [0.25, 0.3) is 0 Å². The summed E-state index contributed by atoms with van der Waals surface area (Å²) >= 11 is 0. The second-order valence-corrected chi connectivity index (χ2v) is 5.58. The number of rotatable bonds is 0. The lowest BCUT2D eigenvalue weighted by Crippen LogP contribution is -2.66. The van der Waals surface area contributed by atoms with Gasteiger partial charge in [-0.15, -0.1) is 0 Å². The maximum absolute atomic E-state index is 12.9. The first-order valence-corrected chi connectivity index (χ1v) is 6.90. The number of urea groups is 1. The molecule has 0 saturated carbocycles. The van der Waals surface area contributed by atoms with Crippen molar-refractivity contribution in [3.8, 4) is 0 Å². The molecular formula is C14H16N6O3. The molecule has 1 aromatic rings. The molecule has 0 radical (unpaired) electrons. The Labute approximate surface area is 132 Å². The Balaban J connectivity index is 2.31. The van der Waals surface area contributed by atoms with Crippen molar-refractivity contribution in [2.24, 2.45) is 4.99 Å². The van der Waals surface area contributed by atoms with Crippen LogP contribution in [-0.4, -0.2) is 71.7 Å². The molecule has 1 fully saturated rings. The third kappa shape index (κ3) is 1.82. The first-order chi connectivity index (χ1) is 10.8. The zero-order valence-corrected chi connectivity index (χ0v) is 13.2. The van der Waals surface area contributed by atoms with Gasteiger partial charge in [-0.05, 0) is 12.1 Å². The third-order valence-electron chi connectivity index (χ3n) is 3.90. The van der Waals surface area contributed by atoms with Crippen molar-refractivity contribution in [2.45, 2.75) is 5.54 Å². The Hall–Kier alpha value is -2.97. The zero-order valence-electron chi connectivity index (χ0n) is 13.2. The molecule has 3 rings (SSSR count). The number of carbonyl (C=O) groups is 3. The number of imide groups is 2. The second-order valence-electron chi connectivity index (χ2n) is 5.58. The third-order valence-corrected chi connectivity index (χ3v) is 3.90. The van der Waals surface area contributed by atoms with Crippen LogP contribution in [0.15, 0.2) is 23.3 Å². The molecule has 0 unspecified atom stereocenters. The normalized spacial score (nSPS) is 19.5. The molecule has 2 aliphatic rings. The quantitative estimate of drug-likeness (QED) is 0.658. The first-order valence-electron chi connectivity index (χ1n) is 6.90. The maximum Gasteiger partial charge on any atom is 0.333 e. The average molecular weight is 316 g/mol. The number of likely N-dealkylation sites (N-methyl/N-ethyl adjacent to an activating group) is 2. The number of fused-ring (bicyclic) bond motifs is 2. The van der Waals surface area contributed by atoms with Crippen LogP contribution in [0.2, 0.25) is 0 Å². The van der Waals surface area contributed by atoms with Gasteiger partial charge in [0.05, 0.1) is 5.69 Å². The second kappa shape index (κ2) is 4.77. The minimum absolute atomic E-state index is 0.187. The average Bonchev–Trinajstić information content (AvgIpc) is 2.56. The summed E-state index contributed by atoms with van der Waals surface area (Å²) in [4.78, 5) is 49.7. The van der Waals surface area contributed by atoms with Crippen LogP contribution < -0.4 is 5.32 Å². The van der Waals surface area contributed by atoms with Gasteiger partial charge < -0.3 is 10.2 Å². The summed E-state index contributed by atoms with van der Waals surface area (Å²) in [5, 5.41) is 3.04. The smallest absolute Gasteiger partial charge is 0.333 e. The van der Waals surface area contributed by atoms with Gasteiger partial charge in [0.1, 0.15) is 5.69 Å². The number of anilines is 1. The monoisotopic (exact) mass is 316 g/mol. The van der Waals surface area contributed by atoms with Crippen molar-refractivity contribution >= 4 is 29.5 Å². The van der Waals surface area contributed by atoms with Gasteiger partial charge in [0.15, 0.2) is 5.96 Å². The van der Waals surface area contributed by atoms with E-state index in [0.717, 1.165) is 9.80 Å². The van der Waals surface area contributed by atoms with Crippen molar-refractivity contribution in [1.82, 2.24) is 19.7 Å². The predicted octanol–water partition coefficient (Wildman–Crippen LogP) is -0.330. The van der Waals surface area contributed by atoms with Gasteiger partial charge in [-0.3, -0.25) is 24.4 Å². The van der Waals surface area contributed by atoms with Gasteiger partial charge in [-0.1, -0.05) is 0 Å². The van der Waals surface area contributed by atoms with Gasteiger partial charge in [0, 0.05) is 34.4 Å². The van der Waals surface area contributed by atoms with Crippen molar-refractivity contribution in [2.75, 3.05) is 33.5 Å². The molecule has 9 heteroatoms. The highest BCUT2D eigenvalue weighted by atomic mass is 16.2. The molecular weight excluding hydrogens is 300 g/mol. The number of guanidine groups is 1. The van der Waals surface area contributed by atoms with Crippen LogP contribution >= 0.6 is 0 Å². The standard InChI is InChI=1S/C14H16N6O3/c1-18(2)12-16-8-6-5-7-15-9(8)14(17-12)10(21)19(3)13(23)20(4)11(14)22/h5-7H,1-4H3,(H,16,17). The van der Waals surface area contributed by atoms with Crippen molar-refractivity contribution < 1.29 is 14.4 Å². The number of aliphatic imine (C=N–C) groups is 1. The number of aromatic nitrogens is 1. The molecule has 3 heterocycles. The van der Waals surface area contributed by atoms with Crippen molar-refractivity contribution in [1.29, 1.82) is 0 Å². The summed E-state index contributed by atoms with van der Waals surface area (Å²) in [6.07, 6.45) is 1.48. The van der Waals surface area contributed by atoms with E-state index >= 15 is 0 Å². The van der Waals surface area contributed by atoms with E-state index in [1.165, 1.54) is 20.3 Å². The predicted molar refractivity (Wildman–Crippen MR) is 81.6 cm³/mol. The molecule has 1 N–H and O–H groups in total. The van der Waals surface area contributed by atoms with Crippen LogP contribution in [-0.2, 0) is 15.1 Å². The van der Waals surface area contributed by atoms with Gasteiger partial charge in [0.2, 0.25) is 0 Å². The highest BCUT2D eigenvalue weighted by Gasteiger charge is 2.60. The van der Waals surface area contributed by atoms with Crippen LogP contribution in [0.4, 0.5) is 10.5 Å². The SMILES string of the molecule is CN(C)C1=NC2(C(=O)N(C)C(=O)N(C)C2=O)c2ncccc2N1. The Kier molecular flexibility index (Phi) is 3.10. The summed E-state index contributed by atoms with van der Waals surface area (Å²) in [7, 11) is 6.12. The van der Waals surface area contributed by atoms with Gasteiger partial charge in [0.25, 0.3) is 17.4 Å². The zero-order chi connectivity index (χ0) is 16.9. The summed E-state index contributed by atoms with van der Waals surface area (Å²) in [5.41, 5.74) is -1.20. The Morgan fingerprint density at radius 1 is 1.13 bits per heavy atom. The summed E-state index contributed by atoms with van der Waals surface area (Å²) < 4.78 is 0. The van der Waals surface area contributed by atoms with Gasteiger partial charge >= 0.3 is 6.03 Å².